The Labute approximate surface area is 151 Å². The third kappa shape index (κ3) is 4.08. The lowest BCUT2D eigenvalue weighted by molar-refractivity contribution is -0.116. The largest absolute Gasteiger partial charge is 0.497 e. The molecule has 0 bridgehead atoms. The van der Waals surface area contributed by atoms with Gasteiger partial charge in [-0.1, -0.05) is 24.3 Å². The number of benzene rings is 2. The standard InChI is InChI=1S/C20H20FN3O2/c1-13-19(15-7-9-16(21)10-8-15)20(24-23-13)22-18(25)11-6-14-4-3-5-17(12-14)26-2/h3-5,7-10,12H,6,11H2,1-2H3,(H2,22,23,24,25). The van der Waals surface area contributed by atoms with Gasteiger partial charge >= 0.3 is 0 Å². The molecule has 0 aliphatic carbocycles. The molecular formula is C20H20FN3O2. The van der Waals surface area contributed by atoms with E-state index < -0.39 is 0 Å². The monoisotopic (exact) mass is 353 g/mol. The Bertz CT molecular complexity index is 904. The maximum Gasteiger partial charge on any atom is 0.225 e. The van der Waals surface area contributed by atoms with E-state index in [0.29, 0.717) is 18.7 Å². The molecule has 0 saturated heterocycles. The third-order valence-corrected chi connectivity index (χ3v) is 4.11. The number of aromatic amines is 1. The van der Waals surface area contributed by atoms with Crippen LogP contribution in [-0.4, -0.2) is 23.2 Å². The number of rotatable bonds is 6. The number of hydrogen-bond donors (Lipinski definition) is 2. The van der Waals surface area contributed by atoms with Crippen molar-refractivity contribution in [1.29, 1.82) is 0 Å². The molecule has 0 atom stereocenters. The maximum absolute atomic E-state index is 13.2. The zero-order chi connectivity index (χ0) is 18.5. The fourth-order valence-corrected chi connectivity index (χ4v) is 2.77. The van der Waals surface area contributed by atoms with E-state index in [9.17, 15) is 9.18 Å². The van der Waals surface area contributed by atoms with Crippen LogP contribution in [0.25, 0.3) is 11.1 Å². The number of ether oxygens (including phenoxy) is 1. The van der Waals surface area contributed by atoms with Gasteiger partial charge in [0.05, 0.1) is 7.11 Å². The Kier molecular flexibility index (Phi) is 5.31. The second kappa shape index (κ2) is 7.82. The van der Waals surface area contributed by atoms with Gasteiger partial charge in [-0.2, -0.15) is 5.10 Å². The van der Waals surface area contributed by atoms with Crippen LogP contribution in [0.3, 0.4) is 0 Å². The molecule has 0 spiro atoms. The van der Waals surface area contributed by atoms with E-state index in [1.807, 2.05) is 31.2 Å². The number of amides is 1. The summed E-state index contributed by atoms with van der Waals surface area (Å²) in [5.41, 5.74) is 3.39. The number of nitrogens with one attached hydrogen (secondary N) is 2. The van der Waals surface area contributed by atoms with Crippen molar-refractivity contribution in [1.82, 2.24) is 10.2 Å². The minimum atomic E-state index is -0.307. The lowest BCUT2D eigenvalue weighted by Crippen LogP contribution is -2.13. The van der Waals surface area contributed by atoms with Crippen molar-refractivity contribution in [2.75, 3.05) is 12.4 Å². The first-order valence-corrected chi connectivity index (χ1v) is 8.30. The first-order chi connectivity index (χ1) is 12.6. The van der Waals surface area contributed by atoms with E-state index in [1.165, 1.54) is 12.1 Å². The zero-order valence-electron chi connectivity index (χ0n) is 14.7. The number of anilines is 1. The van der Waals surface area contributed by atoms with E-state index in [4.69, 9.17) is 4.74 Å². The molecule has 0 saturated carbocycles. The number of hydrogen-bond acceptors (Lipinski definition) is 3. The highest BCUT2D eigenvalue weighted by Crippen LogP contribution is 2.29. The fourth-order valence-electron chi connectivity index (χ4n) is 2.77. The number of carbonyl (C=O) groups excluding carboxylic acids is 1. The van der Waals surface area contributed by atoms with Gasteiger partial charge in [-0.3, -0.25) is 9.89 Å². The van der Waals surface area contributed by atoms with Gasteiger partial charge in [0.2, 0.25) is 5.91 Å². The Morgan fingerprint density at radius 1 is 1.23 bits per heavy atom. The molecule has 0 fully saturated rings. The van der Waals surface area contributed by atoms with Crippen LogP contribution in [-0.2, 0) is 11.2 Å². The van der Waals surface area contributed by atoms with Crippen LogP contribution in [0.2, 0.25) is 0 Å². The summed E-state index contributed by atoms with van der Waals surface area (Å²) >= 11 is 0. The molecule has 3 rings (SSSR count). The number of halogens is 1. The van der Waals surface area contributed by atoms with Crippen molar-refractivity contribution in [3.8, 4) is 16.9 Å². The van der Waals surface area contributed by atoms with Gasteiger partial charge in [0, 0.05) is 17.7 Å². The second-order valence-electron chi connectivity index (χ2n) is 5.98. The Balaban J connectivity index is 1.69. The molecule has 1 heterocycles. The number of nitrogens with zero attached hydrogens (tertiary/aromatic N) is 1. The predicted octanol–water partition coefficient (Wildman–Crippen LogP) is 4.10. The SMILES string of the molecule is COc1cccc(CCC(=O)Nc2n[nH]c(C)c2-c2ccc(F)cc2)c1. The minimum absolute atomic E-state index is 0.136. The summed E-state index contributed by atoms with van der Waals surface area (Å²) in [4.78, 5) is 12.3. The molecule has 0 unspecified atom stereocenters. The molecule has 0 aliphatic rings. The van der Waals surface area contributed by atoms with E-state index in [1.54, 1.807) is 19.2 Å². The summed E-state index contributed by atoms with van der Waals surface area (Å²) in [5, 5.41) is 9.87. The molecule has 0 radical (unpaired) electrons. The molecule has 2 aromatic carbocycles. The molecule has 1 aromatic heterocycles. The van der Waals surface area contributed by atoms with Crippen molar-refractivity contribution in [3.05, 3.63) is 65.6 Å². The van der Waals surface area contributed by atoms with Crippen LogP contribution in [0.5, 0.6) is 5.75 Å². The molecule has 2 N–H and O–H groups in total. The van der Waals surface area contributed by atoms with Crippen LogP contribution in [0.1, 0.15) is 17.7 Å². The maximum atomic E-state index is 13.2. The number of methoxy groups -OCH3 is 1. The molecule has 134 valence electrons. The van der Waals surface area contributed by atoms with Crippen LogP contribution < -0.4 is 10.1 Å². The van der Waals surface area contributed by atoms with E-state index in [0.717, 1.165) is 28.1 Å². The minimum Gasteiger partial charge on any atom is -0.497 e. The zero-order valence-corrected chi connectivity index (χ0v) is 14.7. The molecule has 6 heteroatoms. The Morgan fingerprint density at radius 2 is 2.00 bits per heavy atom. The Morgan fingerprint density at radius 3 is 2.73 bits per heavy atom. The molecule has 3 aromatic rings. The summed E-state index contributed by atoms with van der Waals surface area (Å²) in [7, 11) is 1.61. The van der Waals surface area contributed by atoms with Crippen LogP contribution in [0.4, 0.5) is 10.2 Å². The summed E-state index contributed by atoms with van der Waals surface area (Å²) in [6.07, 6.45) is 0.917. The average molecular weight is 353 g/mol. The van der Waals surface area contributed by atoms with Gasteiger partial charge in [0.15, 0.2) is 5.82 Å². The van der Waals surface area contributed by atoms with Gasteiger partial charge in [0.1, 0.15) is 11.6 Å². The van der Waals surface area contributed by atoms with E-state index in [-0.39, 0.29) is 11.7 Å². The highest BCUT2D eigenvalue weighted by molar-refractivity contribution is 5.94. The highest BCUT2D eigenvalue weighted by atomic mass is 19.1. The second-order valence-corrected chi connectivity index (χ2v) is 5.98. The van der Waals surface area contributed by atoms with Gasteiger partial charge in [-0.25, -0.2) is 4.39 Å². The molecule has 5 nitrogen and oxygen atoms in total. The third-order valence-electron chi connectivity index (χ3n) is 4.11. The molecule has 26 heavy (non-hydrogen) atoms. The normalized spacial score (nSPS) is 10.6. The van der Waals surface area contributed by atoms with Crippen molar-refractivity contribution in [2.24, 2.45) is 0 Å². The van der Waals surface area contributed by atoms with E-state index in [2.05, 4.69) is 15.5 Å². The lowest BCUT2D eigenvalue weighted by Gasteiger charge is -2.07. The smallest absolute Gasteiger partial charge is 0.225 e. The quantitative estimate of drug-likeness (QED) is 0.701. The van der Waals surface area contributed by atoms with Crippen LogP contribution in [0, 0.1) is 12.7 Å². The summed E-state index contributed by atoms with van der Waals surface area (Å²) < 4.78 is 18.3. The van der Waals surface area contributed by atoms with E-state index >= 15 is 0 Å². The van der Waals surface area contributed by atoms with Gasteiger partial charge < -0.3 is 10.1 Å². The highest BCUT2D eigenvalue weighted by Gasteiger charge is 2.15. The topological polar surface area (TPSA) is 67.0 Å². The predicted molar refractivity (Wildman–Crippen MR) is 98.7 cm³/mol. The summed E-state index contributed by atoms with van der Waals surface area (Å²) in [5.74, 6) is 0.774. The number of aromatic nitrogens is 2. The first-order valence-electron chi connectivity index (χ1n) is 8.30. The average Bonchev–Trinajstić information content (AvgIpc) is 3.01. The van der Waals surface area contributed by atoms with Crippen molar-refractivity contribution in [3.63, 3.8) is 0 Å². The van der Waals surface area contributed by atoms with Crippen LogP contribution in [0.15, 0.2) is 48.5 Å². The summed E-state index contributed by atoms with van der Waals surface area (Å²) in [6.45, 7) is 1.86. The number of aryl methyl sites for hydroxylation is 2. The Hall–Kier alpha value is -3.15. The van der Waals surface area contributed by atoms with Gasteiger partial charge in [-0.05, 0) is 48.7 Å². The number of carbonyl (C=O) groups is 1. The van der Waals surface area contributed by atoms with Crippen LogP contribution >= 0.6 is 0 Å². The lowest BCUT2D eigenvalue weighted by atomic mass is 10.1. The van der Waals surface area contributed by atoms with Gasteiger partial charge in [0.25, 0.3) is 0 Å². The van der Waals surface area contributed by atoms with Crippen molar-refractivity contribution < 1.29 is 13.9 Å². The molecular weight excluding hydrogens is 333 g/mol. The van der Waals surface area contributed by atoms with Gasteiger partial charge in [-0.15, -0.1) is 0 Å². The molecule has 1 amide bonds. The summed E-state index contributed by atoms with van der Waals surface area (Å²) in [6, 6.07) is 13.7. The van der Waals surface area contributed by atoms with Crippen molar-refractivity contribution in [2.45, 2.75) is 19.8 Å². The molecule has 0 aliphatic heterocycles. The number of H-pyrrole nitrogens is 1. The van der Waals surface area contributed by atoms with Crippen molar-refractivity contribution >= 4 is 11.7 Å². The fraction of sp³-hybridized carbons (Fsp3) is 0.200. The first kappa shape index (κ1) is 17.7.